The summed E-state index contributed by atoms with van der Waals surface area (Å²) in [5, 5.41) is 21.8. The Balaban J connectivity index is 2.15. The summed E-state index contributed by atoms with van der Waals surface area (Å²) >= 11 is 6.08. The number of ether oxygens (including phenoxy) is 3. The van der Waals surface area contributed by atoms with E-state index >= 15 is 0 Å². The molecule has 9 heteroatoms. The number of halogens is 1. The summed E-state index contributed by atoms with van der Waals surface area (Å²) in [4.78, 5) is 27.3. The number of ketones is 1. The molecule has 3 rings (SSSR count). The first-order chi connectivity index (χ1) is 15.7. The predicted octanol–water partition coefficient (Wildman–Crippen LogP) is 3.91. The molecule has 0 radical (unpaired) electrons. The van der Waals surface area contributed by atoms with Gasteiger partial charge in [-0.2, -0.15) is 0 Å². The fourth-order valence-corrected chi connectivity index (χ4v) is 3.88. The second-order valence-electron chi connectivity index (χ2n) is 7.69. The van der Waals surface area contributed by atoms with Gasteiger partial charge in [0.1, 0.15) is 11.5 Å². The maximum atomic E-state index is 13.0. The number of carbonyl (C=O) groups is 2. The molecule has 2 aromatic rings. The zero-order valence-corrected chi connectivity index (χ0v) is 19.5. The normalized spacial score (nSPS) is 17.6. The van der Waals surface area contributed by atoms with Gasteiger partial charge < -0.3 is 29.3 Å². The second kappa shape index (κ2) is 10.1. The first-order valence-electron chi connectivity index (χ1n) is 10.3. The summed E-state index contributed by atoms with van der Waals surface area (Å²) in [6.45, 7) is 4.03. The van der Waals surface area contributed by atoms with Crippen LogP contribution in [0, 0.1) is 0 Å². The van der Waals surface area contributed by atoms with Crippen LogP contribution in [0.2, 0.25) is 5.02 Å². The minimum atomic E-state index is -0.945. The molecule has 1 atom stereocenters. The molecule has 2 N–H and O–H groups in total. The highest BCUT2D eigenvalue weighted by Crippen LogP contribution is 2.42. The highest BCUT2D eigenvalue weighted by atomic mass is 35.5. The van der Waals surface area contributed by atoms with Crippen LogP contribution in [0.3, 0.4) is 0 Å². The number of hydrogen-bond acceptors (Lipinski definition) is 7. The third kappa shape index (κ3) is 4.91. The van der Waals surface area contributed by atoms with E-state index in [4.69, 9.17) is 25.8 Å². The predicted molar refractivity (Wildman–Crippen MR) is 123 cm³/mol. The highest BCUT2D eigenvalue weighted by Gasteiger charge is 2.46. The summed E-state index contributed by atoms with van der Waals surface area (Å²) in [7, 11) is 2.84. The standard InChI is InChI=1S/C24H26ClNO7/c1-13(2)33-10-9-26-21(14-6-8-18(31-3)17(27)11-14)20(23(29)24(26)30)22(28)15-5-7-16(25)19(12-15)32-4/h5-8,11-13,21,27-28H,9-10H2,1-4H3/b22-20-. The second-order valence-corrected chi connectivity index (χ2v) is 8.10. The van der Waals surface area contributed by atoms with Crippen molar-refractivity contribution in [2.75, 3.05) is 27.4 Å². The molecule has 1 unspecified atom stereocenters. The SMILES string of the molecule is COc1ccc(C2/C(=C(/O)c3ccc(Cl)c(OC)c3)C(=O)C(=O)N2CCOC(C)C)cc1O. The van der Waals surface area contributed by atoms with E-state index in [1.165, 1.54) is 49.5 Å². The van der Waals surface area contributed by atoms with Crippen molar-refractivity contribution >= 4 is 29.1 Å². The number of phenolic OH excluding ortho intramolecular Hbond substituents is 1. The Morgan fingerprint density at radius 3 is 2.39 bits per heavy atom. The third-order valence-corrected chi connectivity index (χ3v) is 5.58. The molecule has 0 spiro atoms. The largest absolute Gasteiger partial charge is 0.507 e. The zero-order valence-electron chi connectivity index (χ0n) is 18.8. The molecule has 0 aromatic heterocycles. The van der Waals surface area contributed by atoms with E-state index < -0.39 is 17.7 Å². The first kappa shape index (κ1) is 24.4. The van der Waals surface area contributed by atoms with Crippen LogP contribution in [-0.4, -0.2) is 60.3 Å². The topological polar surface area (TPSA) is 106 Å². The number of hydrogen-bond donors (Lipinski definition) is 2. The average Bonchev–Trinajstić information content (AvgIpc) is 3.03. The zero-order chi connectivity index (χ0) is 24.3. The quantitative estimate of drug-likeness (QED) is 0.338. The molecule has 1 aliphatic heterocycles. The average molecular weight is 476 g/mol. The molecule has 8 nitrogen and oxygen atoms in total. The fourth-order valence-electron chi connectivity index (χ4n) is 3.68. The van der Waals surface area contributed by atoms with Gasteiger partial charge in [-0.3, -0.25) is 9.59 Å². The van der Waals surface area contributed by atoms with Crippen LogP contribution in [0.4, 0.5) is 0 Å². The molecule has 1 fully saturated rings. The van der Waals surface area contributed by atoms with Gasteiger partial charge in [-0.25, -0.2) is 0 Å². The molecule has 1 heterocycles. The molecule has 1 amide bonds. The number of rotatable bonds is 8. The highest BCUT2D eigenvalue weighted by molar-refractivity contribution is 6.46. The van der Waals surface area contributed by atoms with Crippen LogP contribution >= 0.6 is 11.6 Å². The molecule has 0 bridgehead atoms. The van der Waals surface area contributed by atoms with Gasteiger partial charge in [0.15, 0.2) is 11.5 Å². The van der Waals surface area contributed by atoms with E-state index in [2.05, 4.69) is 0 Å². The molecule has 0 aliphatic carbocycles. The van der Waals surface area contributed by atoms with Gasteiger partial charge >= 0.3 is 0 Å². The minimum absolute atomic E-state index is 0.0631. The number of phenols is 1. The summed E-state index contributed by atoms with van der Waals surface area (Å²) in [6.07, 6.45) is -0.0631. The smallest absolute Gasteiger partial charge is 0.295 e. The number of methoxy groups -OCH3 is 2. The molecule has 0 saturated carbocycles. The van der Waals surface area contributed by atoms with E-state index in [1.807, 2.05) is 13.8 Å². The Bertz CT molecular complexity index is 1100. The summed E-state index contributed by atoms with van der Waals surface area (Å²) in [6, 6.07) is 8.15. The number of likely N-dealkylation sites (tertiary alicyclic amines) is 1. The summed E-state index contributed by atoms with van der Waals surface area (Å²) in [5.74, 6) is -1.61. The summed E-state index contributed by atoms with van der Waals surface area (Å²) < 4.78 is 15.9. The fraction of sp³-hybridized carbons (Fsp3) is 0.333. The van der Waals surface area contributed by atoms with Crippen molar-refractivity contribution in [1.29, 1.82) is 0 Å². The number of carbonyl (C=O) groups excluding carboxylic acids is 2. The van der Waals surface area contributed by atoms with Crippen LogP contribution in [0.25, 0.3) is 5.76 Å². The lowest BCUT2D eigenvalue weighted by Crippen LogP contribution is -2.33. The lowest BCUT2D eigenvalue weighted by molar-refractivity contribution is -0.140. The Kier molecular flexibility index (Phi) is 7.50. The van der Waals surface area contributed by atoms with Crippen LogP contribution in [-0.2, 0) is 14.3 Å². The molecule has 176 valence electrons. The lowest BCUT2D eigenvalue weighted by Gasteiger charge is -2.26. The minimum Gasteiger partial charge on any atom is -0.507 e. The van der Waals surface area contributed by atoms with E-state index in [-0.39, 0.29) is 47.7 Å². The van der Waals surface area contributed by atoms with E-state index in [0.717, 1.165) is 0 Å². The van der Waals surface area contributed by atoms with Crippen molar-refractivity contribution in [3.63, 3.8) is 0 Å². The first-order valence-corrected chi connectivity index (χ1v) is 10.7. The van der Waals surface area contributed by atoms with Crippen LogP contribution < -0.4 is 9.47 Å². The van der Waals surface area contributed by atoms with Crippen molar-refractivity contribution in [2.24, 2.45) is 0 Å². The Hall–Kier alpha value is -3.23. The van der Waals surface area contributed by atoms with Gasteiger partial charge in [-0.15, -0.1) is 0 Å². The van der Waals surface area contributed by atoms with E-state index in [0.29, 0.717) is 16.3 Å². The van der Waals surface area contributed by atoms with Crippen molar-refractivity contribution < 1.29 is 34.0 Å². The van der Waals surface area contributed by atoms with E-state index in [1.54, 1.807) is 6.07 Å². The van der Waals surface area contributed by atoms with Crippen molar-refractivity contribution in [3.8, 4) is 17.2 Å². The molecule has 33 heavy (non-hydrogen) atoms. The number of aliphatic hydroxyl groups excluding tert-OH is 1. The molecule has 2 aromatic carbocycles. The van der Waals surface area contributed by atoms with Crippen molar-refractivity contribution in [2.45, 2.75) is 26.0 Å². The van der Waals surface area contributed by atoms with Gasteiger partial charge in [-0.05, 0) is 49.7 Å². The van der Waals surface area contributed by atoms with Gasteiger partial charge in [0, 0.05) is 12.1 Å². The maximum absolute atomic E-state index is 13.0. The van der Waals surface area contributed by atoms with Crippen molar-refractivity contribution in [3.05, 3.63) is 58.1 Å². The van der Waals surface area contributed by atoms with Crippen LogP contribution in [0.1, 0.15) is 31.0 Å². The van der Waals surface area contributed by atoms with Gasteiger partial charge in [0.2, 0.25) is 0 Å². The number of aromatic hydroxyl groups is 1. The third-order valence-electron chi connectivity index (χ3n) is 5.27. The molecular weight excluding hydrogens is 450 g/mol. The van der Waals surface area contributed by atoms with Gasteiger partial charge in [0.25, 0.3) is 11.7 Å². The summed E-state index contributed by atoms with van der Waals surface area (Å²) in [5.41, 5.74) is 0.577. The maximum Gasteiger partial charge on any atom is 0.295 e. The van der Waals surface area contributed by atoms with Crippen molar-refractivity contribution in [1.82, 2.24) is 4.90 Å². The van der Waals surface area contributed by atoms with E-state index in [9.17, 15) is 19.8 Å². The molecule has 1 aliphatic rings. The number of aliphatic hydroxyl groups is 1. The molecule has 1 saturated heterocycles. The van der Waals surface area contributed by atoms with Gasteiger partial charge in [0.05, 0.1) is 43.6 Å². The number of amides is 1. The number of benzene rings is 2. The molecular formula is C24H26ClNO7. The Morgan fingerprint density at radius 1 is 1.09 bits per heavy atom. The monoisotopic (exact) mass is 475 g/mol. The Labute approximate surface area is 196 Å². The lowest BCUT2D eigenvalue weighted by atomic mass is 9.95. The number of nitrogens with zero attached hydrogens (tertiary/aromatic N) is 1. The van der Waals surface area contributed by atoms with Crippen LogP contribution in [0.5, 0.6) is 17.2 Å². The number of Topliss-reactive ketones (excluding diaryl/α,β-unsaturated/α-hetero) is 1. The Morgan fingerprint density at radius 2 is 1.79 bits per heavy atom. The van der Waals surface area contributed by atoms with Crippen LogP contribution in [0.15, 0.2) is 42.0 Å². The van der Waals surface area contributed by atoms with Gasteiger partial charge in [-0.1, -0.05) is 17.7 Å².